The largest absolute Gasteiger partial charge is 0.398 e. The van der Waals surface area contributed by atoms with Gasteiger partial charge in [0, 0.05) is 27.0 Å². The molecule has 0 bridgehead atoms. The van der Waals surface area contributed by atoms with E-state index in [1.807, 2.05) is 43.3 Å². The molecule has 0 aliphatic rings. The van der Waals surface area contributed by atoms with Gasteiger partial charge in [-0.15, -0.1) is 0 Å². The van der Waals surface area contributed by atoms with Crippen molar-refractivity contribution in [2.75, 3.05) is 11.5 Å². The van der Waals surface area contributed by atoms with Gasteiger partial charge in [-0.2, -0.15) is 0 Å². The van der Waals surface area contributed by atoms with Crippen LogP contribution in [0.5, 0.6) is 0 Å². The zero-order valence-corrected chi connectivity index (χ0v) is 10.6. The normalized spacial score (nSPS) is 10.4. The van der Waals surface area contributed by atoms with Gasteiger partial charge in [-0.1, -0.05) is 34.1 Å². The van der Waals surface area contributed by atoms with Crippen molar-refractivity contribution in [3.05, 3.63) is 46.4 Å². The molecule has 2 rings (SSSR count). The highest BCUT2D eigenvalue weighted by Crippen LogP contribution is 2.32. The summed E-state index contributed by atoms with van der Waals surface area (Å²) in [4.78, 5) is 0. The molecule has 0 radical (unpaired) electrons. The van der Waals surface area contributed by atoms with Crippen LogP contribution in [-0.4, -0.2) is 0 Å². The van der Waals surface area contributed by atoms with Crippen LogP contribution in [0, 0.1) is 6.92 Å². The van der Waals surface area contributed by atoms with Gasteiger partial charge in [0.05, 0.1) is 0 Å². The van der Waals surface area contributed by atoms with Crippen LogP contribution >= 0.6 is 15.9 Å². The third-order valence-corrected chi connectivity index (χ3v) is 3.00. The third-order valence-electron chi connectivity index (χ3n) is 2.51. The number of hydrogen-bond acceptors (Lipinski definition) is 2. The molecule has 16 heavy (non-hydrogen) atoms. The highest BCUT2D eigenvalue weighted by Gasteiger charge is 2.06. The zero-order valence-electron chi connectivity index (χ0n) is 9.00. The molecule has 0 amide bonds. The first-order chi connectivity index (χ1) is 7.58. The van der Waals surface area contributed by atoms with Gasteiger partial charge in [0.15, 0.2) is 0 Å². The van der Waals surface area contributed by atoms with E-state index in [9.17, 15) is 0 Å². The van der Waals surface area contributed by atoms with Gasteiger partial charge in [0.1, 0.15) is 0 Å². The van der Waals surface area contributed by atoms with E-state index in [2.05, 4.69) is 15.9 Å². The van der Waals surface area contributed by atoms with Crippen LogP contribution in [0.2, 0.25) is 0 Å². The number of halogens is 1. The highest BCUT2D eigenvalue weighted by molar-refractivity contribution is 9.10. The van der Waals surface area contributed by atoms with Crippen molar-refractivity contribution < 1.29 is 0 Å². The fraction of sp³-hybridized carbons (Fsp3) is 0.0769. The molecular weight excluding hydrogens is 264 g/mol. The maximum atomic E-state index is 5.99. The van der Waals surface area contributed by atoms with E-state index in [1.54, 1.807) is 0 Å². The van der Waals surface area contributed by atoms with Crippen molar-refractivity contribution in [2.45, 2.75) is 6.92 Å². The number of aryl methyl sites for hydroxylation is 1. The third kappa shape index (κ3) is 2.04. The molecule has 2 aromatic rings. The lowest BCUT2D eigenvalue weighted by atomic mass is 10.0. The average molecular weight is 277 g/mol. The van der Waals surface area contributed by atoms with Gasteiger partial charge < -0.3 is 11.5 Å². The van der Waals surface area contributed by atoms with E-state index in [1.165, 1.54) is 0 Å². The van der Waals surface area contributed by atoms with Crippen molar-refractivity contribution in [3.63, 3.8) is 0 Å². The first kappa shape index (κ1) is 11.0. The summed E-state index contributed by atoms with van der Waals surface area (Å²) < 4.78 is 0.972. The minimum absolute atomic E-state index is 0.727. The SMILES string of the molecule is Cc1ccc(-c2ccc(Br)cc2N)c(N)c1. The predicted molar refractivity (Wildman–Crippen MR) is 73.1 cm³/mol. The Labute approximate surface area is 103 Å². The summed E-state index contributed by atoms with van der Waals surface area (Å²) in [6, 6.07) is 11.8. The van der Waals surface area contributed by atoms with Crippen molar-refractivity contribution >= 4 is 27.3 Å². The van der Waals surface area contributed by atoms with Crippen LogP contribution in [0.25, 0.3) is 11.1 Å². The standard InChI is InChI=1S/C13H13BrN2/c1-8-2-4-10(12(15)6-8)11-5-3-9(14)7-13(11)16/h2-7H,15-16H2,1H3. The Morgan fingerprint density at radius 2 is 1.44 bits per heavy atom. The van der Waals surface area contributed by atoms with Crippen LogP contribution in [0.3, 0.4) is 0 Å². The Morgan fingerprint density at radius 3 is 2.00 bits per heavy atom. The van der Waals surface area contributed by atoms with E-state index in [4.69, 9.17) is 11.5 Å². The summed E-state index contributed by atoms with van der Waals surface area (Å²) in [6.07, 6.45) is 0. The summed E-state index contributed by atoms with van der Waals surface area (Å²) in [6.45, 7) is 2.02. The summed E-state index contributed by atoms with van der Waals surface area (Å²) in [5, 5.41) is 0. The molecule has 2 aromatic carbocycles. The first-order valence-electron chi connectivity index (χ1n) is 4.99. The summed E-state index contributed by atoms with van der Waals surface area (Å²) in [5.41, 5.74) is 16.6. The fourth-order valence-electron chi connectivity index (χ4n) is 1.71. The molecule has 4 N–H and O–H groups in total. The first-order valence-corrected chi connectivity index (χ1v) is 5.79. The molecule has 0 spiro atoms. The quantitative estimate of drug-likeness (QED) is 0.783. The minimum Gasteiger partial charge on any atom is -0.398 e. The second-order valence-electron chi connectivity index (χ2n) is 3.82. The number of hydrogen-bond donors (Lipinski definition) is 2. The summed E-state index contributed by atoms with van der Waals surface area (Å²) in [5.74, 6) is 0. The Kier molecular flexibility index (Phi) is 2.88. The number of nitrogen functional groups attached to an aromatic ring is 2. The molecular formula is C13H13BrN2. The number of benzene rings is 2. The van der Waals surface area contributed by atoms with E-state index in [0.29, 0.717) is 0 Å². The predicted octanol–water partition coefficient (Wildman–Crippen LogP) is 3.59. The van der Waals surface area contributed by atoms with Crippen molar-refractivity contribution in [3.8, 4) is 11.1 Å². The fourth-order valence-corrected chi connectivity index (χ4v) is 2.09. The van der Waals surface area contributed by atoms with E-state index >= 15 is 0 Å². The van der Waals surface area contributed by atoms with Crippen LogP contribution in [0.1, 0.15) is 5.56 Å². The van der Waals surface area contributed by atoms with Gasteiger partial charge in [0.2, 0.25) is 0 Å². The molecule has 0 aliphatic heterocycles. The molecule has 82 valence electrons. The van der Waals surface area contributed by atoms with Crippen molar-refractivity contribution in [1.29, 1.82) is 0 Å². The van der Waals surface area contributed by atoms with Crippen molar-refractivity contribution in [1.82, 2.24) is 0 Å². The smallest absolute Gasteiger partial charge is 0.0405 e. The second kappa shape index (κ2) is 4.18. The summed E-state index contributed by atoms with van der Waals surface area (Å²) in [7, 11) is 0. The molecule has 0 heterocycles. The van der Waals surface area contributed by atoms with Crippen LogP contribution in [-0.2, 0) is 0 Å². The van der Waals surface area contributed by atoms with Gasteiger partial charge in [-0.25, -0.2) is 0 Å². The van der Waals surface area contributed by atoms with Crippen molar-refractivity contribution in [2.24, 2.45) is 0 Å². The Bertz CT molecular complexity index is 486. The number of nitrogens with two attached hydrogens (primary N) is 2. The van der Waals surface area contributed by atoms with Gasteiger partial charge in [-0.05, 0) is 30.7 Å². The molecule has 3 heteroatoms. The van der Waals surface area contributed by atoms with Gasteiger partial charge in [-0.3, -0.25) is 0 Å². The molecule has 0 unspecified atom stereocenters. The van der Waals surface area contributed by atoms with E-state index in [-0.39, 0.29) is 0 Å². The minimum atomic E-state index is 0.727. The van der Waals surface area contributed by atoms with Crippen LogP contribution < -0.4 is 11.5 Å². The monoisotopic (exact) mass is 276 g/mol. The zero-order chi connectivity index (χ0) is 11.7. The van der Waals surface area contributed by atoms with Crippen LogP contribution in [0.4, 0.5) is 11.4 Å². The molecule has 0 aromatic heterocycles. The molecule has 2 nitrogen and oxygen atoms in total. The molecule has 0 saturated heterocycles. The lowest BCUT2D eigenvalue weighted by molar-refractivity contribution is 1.47. The average Bonchev–Trinajstić information content (AvgIpc) is 2.19. The Morgan fingerprint density at radius 1 is 0.875 bits per heavy atom. The topological polar surface area (TPSA) is 52.0 Å². The highest BCUT2D eigenvalue weighted by atomic mass is 79.9. The second-order valence-corrected chi connectivity index (χ2v) is 4.74. The Hall–Kier alpha value is -1.48. The summed E-state index contributed by atoms with van der Waals surface area (Å²) >= 11 is 3.39. The molecule has 0 saturated carbocycles. The maximum absolute atomic E-state index is 5.99. The Balaban J connectivity index is 2.59. The molecule has 0 atom stereocenters. The maximum Gasteiger partial charge on any atom is 0.0405 e. The number of anilines is 2. The van der Waals surface area contributed by atoms with Gasteiger partial charge >= 0.3 is 0 Å². The molecule has 0 fully saturated rings. The lowest BCUT2D eigenvalue weighted by Gasteiger charge is -2.10. The van der Waals surface area contributed by atoms with Gasteiger partial charge in [0.25, 0.3) is 0 Å². The van der Waals surface area contributed by atoms with Crippen LogP contribution in [0.15, 0.2) is 40.9 Å². The molecule has 0 aliphatic carbocycles. The number of rotatable bonds is 1. The lowest BCUT2D eigenvalue weighted by Crippen LogP contribution is -1.95. The van der Waals surface area contributed by atoms with E-state index < -0.39 is 0 Å². The van der Waals surface area contributed by atoms with E-state index in [0.717, 1.165) is 32.5 Å².